The molecule has 0 aliphatic heterocycles. The number of allylic oxidation sites excluding steroid dienone is 2. The molecular weight excluding hydrogens is 496 g/mol. The highest BCUT2D eigenvalue weighted by Gasteiger charge is 2.72. The van der Waals surface area contributed by atoms with Crippen molar-refractivity contribution < 1.29 is 34.1 Å². The summed E-state index contributed by atoms with van der Waals surface area (Å²) >= 11 is 0. The molecule has 7 nitrogen and oxygen atoms in total. The Bertz CT molecular complexity index is 1110. The number of carboxylic acids is 2. The van der Waals surface area contributed by atoms with Gasteiger partial charge in [-0.1, -0.05) is 33.3 Å². The second-order valence-electron chi connectivity index (χ2n) is 15.2. The SMILES string of the molecule is COCO[C@H]1CC[C@@]2(C)[C@@H](CC[C@]3(C)[C@@H]2C(=O)C=C2[C@@H]4C[C@@](C)(C(=O)O)CC[C@]4(C)CC[C@]23C)[C@]1(C)C(=O)O. The number of ketones is 1. The molecule has 10 atom stereocenters. The molecule has 4 saturated carbocycles. The van der Waals surface area contributed by atoms with Crippen LogP contribution in [0.4, 0.5) is 0 Å². The van der Waals surface area contributed by atoms with Crippen molar-refractivity contribution in [2.75, 3.05) is 13.9 Å². The average Bonchev–Trinajstić information content (AvgIpc) is 2.85. The summed E-state index contributed by atoms with van der Waals surface area (Å²) in [6.45, 7) is 12.8. The second-order valence-corrected chi connectivity index (χ2v) is 15.2. The van der Waals surface area contributed by atoms with Crippen LogP contribution in [0.2, 0.25) is 0 Å². The van der Waals surface area contributed by atoms with E-state index >= 15 is 0 Å². The molecule has 0 heterocycles. The highest BCUT2D eigenvalue weighted by atomic mass is 16.7. The van der Waals surface area contributed by atoms with Crippen molar-refractivity contribution in [3.05, 3.63) is 11.6 Å². The highest BCUT2D eigenvalue weighted by molar-refractivity contribution is 5.96. The zero-order chi connectivity index (χ0) is 28.8. The molecule has 0 spiro atoms. The first-order valence-electron chi connectivity index (χ1n) is 14.9. The van der Waals surface area contributed by atoms with Gasteiger partial charge in [0.25, 0.3) is 0 Å². The lowest BCUT2D eigenvalue weighted by Gasteiger charge is -2.70. The predicted molar refractivity (Wildman–Crippen MR) is 146 cm³/mol. The fourth-order valence-corrected chi connectivity index (χ4v) is 10.7. The Morgan fingerprint density at radius 1 is 0.923 bits per heavy atom. The van der Waals surface area contributed by atoms with Crippen molar-refractivity contribution in [2.24, 2.45) is 50.2 Å². The molecule has 5 rings (SSSR count). The first-order valence-corrected chi connectivity index (χ1v) is 14.9. The average molecular weight is 545 g/mol. The lowest BCUT2D eigenvalue weighted by molar-refractivity contribution is -0.230. The standard InChI is InChI=1S/C32H48O7/c1-27-12-13-28(2,25(34)35)17-20(27)19-16-21(33)24-29(3)10-9-23(39-18-38-7)32(6,26(36)37)22(29)8-11-31(24,5)30(19,4)15-14-27/h16,20,22-24H,8-15,17-18H2,1-7H3,(H,34,35)(H,36,37)/t20-,22+,23-,24+,27+,28-,29-,30+,31+,32-/m0/s1. The molecule has 218 valence electrons. The van der Waals surface area contributed by atoms with Gasteiger partial charge in [-0.3, -0.25) is 14.4 Å². The molecule has 0 aromatic heterocycles. The molecule has 4 fully saturated rings. The zero-order valence-electron chi connectivity index (χ0n) is 24.9. The molecule has 0 bridgehead atoms. The largest absolute Gasteiger partial charge is 0.481 e. The van der Waals surface area contributed by atoms with E-state index in [1.807, 2.05) is 19.9 Å². The van der Waals surface area contributed by atoms with E-state index < -0.39 is 34.3 Å². The van der Waals surface area contributed by atoms with Crippen LogP contribution in [0.3, 0.4) is 0 Å². The summed E-state index contributed by atoms with van der Waals surface area (Å²) in [5.41, 5.74) is -1.75. The van der Waals surface area contributed by atoms with E-state index in [1.54, 1.807) is 7.11 Å². The normalized spacial score (nSPS) is 51.1. The van der Waals surface area contributed by atoms with E-state index in [0.717, 1.165) is 38.5 Å². The summed E-state index contributed by atoms with van der Waals surface area (Å²) in [6, 6.07) is 0. The monoisotopic (exact) mass is 544 g/mol. The van der Waals surface area contributed by atoms with Crippen molar-refractivity contribution in [1.82, 2.24) is 0 Å². The minimum absolute atomic E-state index is 0.00348. The Morgan fingerprint density at radius 3 is 2.21 bits per heavy atom. The van der Waals surface area contributed by atoms with Gasteiger partial charge in [0.1, 0.15) is 6.79 Å². The van der Waals surface area contributed by atoms with Gasteiger partial charge in [-0.25, -0.2) is 0 Å². The second kappa shape index (κ2) is 8.88. The van der Waals surface area contributed by atoms with Gasteiger partial charge >= 0.3 is 11.9 Å². The number of carboxylic acid groups (broad SMARTS) is 2. The third-order valence-corrected chi connectivity index (χ3v) is 13.5. The smallest absolute Gasteiger partial charge is 0.312 e. The van der Waals surface area contributed by atoms with E-state index in [-0.39, 0.29) is 46.6 Å². The fraction of sp³-hybridized carbons (Fsp3) is 0.844. The Hall–Kier alpha value is -1.73. The molecule has 0 unspecified atom stereocenters. The van der Waals surface area contributed by atoms with Crippen LogP contribution in [-0.4, -0.2) is 47.9 Å². The maximum absolute atomic E-state index is 14.4. The van der Waals surface area contributed by atoms with Crippen LogP contribution >= 0.6 is 0 Å². The zero-order valence-corrected chi connectivity index (χ0v) is 24.9. The molecule has 2 N–H and O–H groups in total. The van der Waals surface area contributed by atoms with Gasteiger partial charge in [-0.05, 0) is 111 Å². The van der Waals surface area contributed by atoms with Gasteiger partial charge < -0.3 is 19.7 Å². The summed E-state index contributed by atoms with van der Waals surface area (Å²) < 4.78 is 11.1. The van der Waals surface area contributed by atoms with Crippen molar-refractivity contribution >= 4 is 17.7 Å². The maximum atomic E-state index is 14.4. The molecule has 0 aromatic carbocycles. The van der Waals surface area contributed by atoms with Crippen LogP contribution in [0, 0.1) is 50.2 Å². The van der Waals surface area contributed by atoms with E-state index in [2.05, 4.69) is 27.7 Å². The van der Waals surface area contributed by atoms with E-state index in [1.165, 1.54) is 5.57 Å². The van der Waals surface area contributed by atoms with Gasteiger partial charge in [-0.2, -0.15) is 0 Å². The number of aliphatic carboxylic acids is 2. The number of methoxy groups -OCH3 is 1. The molecule has 0 radical (unpaired) electrons. The first-order chi connectivity index (χ1) is 18.0. The van der Waals surface area contributed by atoms with Crippen molar-refractivity contribution in [3.8, 4) is 0 Å². The summed E-state index contributed by atoms with van der Waals surface area (Å²) in [6.07, 6.45) is 8.37. The van der Waals surface area contributed by atoms with Gasteiger partial charge in [0.2, 0.25) is 0 Å². The topological polar surface area (TPSA) is 110 Å². The number of hydrogen-bond acceptors (Lipinski definition) is 5. The number of ether oxygens (including phenoxy) is 2. The van der Waals surface area contributed by atoms with Crippen LogP contribution in [0.1, 0.15) is 99.3 Å². The Labute approximate surface area is 233 Å². The summed E-state index contributed by atoms with van der Waals surface area (Å²) in [7, 11) is 1.54. The molecule has 5 aliphatic carbocycles. The number of carbonyl (C=O) groups excluding carboxylic acids is 1. The van der Waals surface area contributed by atoms with Crippen LogP contribution in [0.25, 0.3) is 0 Å². The Morgan fingerprint density at radius 2 is 1.59 bits per heavy atom. The van der Waals surface area contributed by atoms with Gasteiger partial charge in [0.15, 0.2) is 5.78 Å². The van der Waals surface area contributed by atoms with Crippen molar-refractivity contribution in [2.45, 2.75) is 105 Å². The number of rotatable bonds is 5. The van der Waals surface area contributed by atoms with Crippen LogP contribution in [-0.2, 0) is 23.9 Å². The fourth-order valence-electron chi connectivity index (χ4n) is 10.7. The maximum Gasteiger partial charge on any atom is 0.312 e. The first kappa shape index (κ1) is 28.8. The summed E-state index contributed by atoms with van der Waals surface area (Å²) in [5.74, 6) is -1.89. The number of fused-ring (bicyclic) bond motifs is 7. The number of carbonyl (C=O) groups is 3. The molecule has 0 amide bonds. The molecule has 39 heavy (non-hydrogen) atoms. The number of hydrogen-bond donors (Lipinski definition) is 2. The molecule has 7 heteroatoms. The summed E-state index contributed by atoms with van der Waals surface area (Å²) in [5, 5.41) is 20.7. The lowest BCUT2D eigenvalue weighted by atomic mass is 9.33. The Kier molecular flexibility index (Phi) is 6.56. The lowest BCUT2D eigenvalue weighted by Crippen LogP contribution is -2.68. The van der Waals surface area contributed by atoms with E-state index in [9.17, 15) is 24.6 Å². The minimum atomic E-state index is -1.12. The Balaban J connectivity index is 1.59. The molecule has 0 aromatic rings. The predicted octanol–water partition coefficient (Wildman–Crippen LogP) is 6.11. The highest BCUT2D eigenvalue weighted by Crippen LogP contribution is 2.75. The molecular formula is C32H48O7. The quantitative estimate of drug-likeness (QED) is 0.402. The van der Waals surface area contributed by atoms with Gasteiger partial charge in [-0.15, -0.1) is 0 Å². The molecule has 0 saturated heterocycles. The molecule has 5 aliphatic rings. The van der Waals surface area contributed by atoms with Crippen LogP contribution in [0.15, 0.2) is 11.6 Å². The van der Waals surface area contributed by atoms with Crippen LogP contribution < -0.4 is 0 Å². The van der Waals surface area contributed by atoms with E-state index in [4.69, 9.17) is 9.47 Å². The summed E-state index contributed by atoms with van der Waals surface area (Å²) in [4.78, 5) is 39.6. The van der Waals surface area contributed by atoms with Gasteiger partial charge in [0, 0.05) is 13.0 Å². The van der Waals surface area contributed by atoms with Crippen molar-refractivity contribution in [3.63, 3.8) is 0 Å². The third-order valence-electron chi connectivity index (χ3n) is 13.5. The van der Waals surface area contributed by atoms with Crippen LogP contribution in [0.5, 0.6) is 0 Å². The van der Waals surface area contributed by atoms with Crippen molar-refractivity contribution in [1.29, 1.82) is 0 Å². The van der Waals surface area contributed by atoms with Gasteiger partial charge in [0.05, 0.1) is 16.9 Å². The van der Waals surface area contributed by atoms with E-state index in [0.29, 0.717) is 19.3 Å². The minimum Gasteiger partial charge on any atom is -0.481 e. The third kappa shape index (κ3) is 3.63.